The lowest BCUT2D eigenvalue weighted by atomic mass is 10.1. The molecule has 0 saturated carbocycles. The Bertz CT molecular complexity index is 369. The smallest absolute Gasteiger partial charge is 0.127 e. The molecule has 1 N–H and O–H groups in total. The molecule has 0 unspecified atom stereocenters. The Morgan fingerprint density at radius 3 is 2.50 bits per heavy atom. The lowest BCUT2D eigenvalue weighted by molar-refractivity contribution is 0.314. The average molecular weight is 251 g/mol. The standard InChI is InChI=1S/C15H25NO2/c1-6-9-18-13-8-7-12(14(10-13)17-5)11-16-15(2,3)4/h7-8,10,16H,6,9,11H2,1-5H3. The third kappa shape index (κ3) is 4.96. The van der Waals surface area contributed by atoms with E-state index in [0.717, 1.165) is 36.6 Å². The molecule has 18 heavy (non-hydrogen) atoms. The largest absolute Gasteiger partial charge is 0.496 e. The number of nitrogens with one attached hydrogen (secondary N) is 1. The van der Waals surface area contributed by atoms with Gasteiger partial charge in [0.1, 0.15) is 11.5 Å². The summed E-state index contributed by atoms with van der Waals surface area (Å²) >= 11 is 0. The van der Waals surface area contributed by atoms with Gasteiger partial charge in [0, 0.05) is 23.7 Å². The van der Waals surface area contributed by atoms with Crippen LogP contribution in [0.4, 0.5) is 0 Å². The predicted octanol–water partition coefficient (Wildman–Crippen LogP) is 3.37. The average Bonchev–Trinajstić information content (AvgIpc) is 2.33. The van der Waals surface area contributed by atoms with Crippen LogP contribution >= 0.6 is 0 Å². The fourth-order valence-electron chi connectivity index (χ4n) is 1.54. The maximum absolute atomic E-state index is 5.60. The van der Waals surface area contributed by atoms with Crippen molar-refractivity contribution in [2.45, 2.75) is 46.2 Å². The lowest BCUT2D eigenvalue weighted by Gasteiger charge is -2.21. The molecule has 3 heteroatoms. The third-order valence-corrected chi connectivity index (χ3v) is 2.54. The second kappa shape index (κ2) is 6.64. The van der Waals surface area contributed by atoms with Crippen molar-refractivity contribution in [3.63, 3.8) is 0 Å². The van der Waals surface area contributed by atoms with Crippen molar-refractivity contribution in [3.05, 3.63) is 23.8 Å². The predicted molar refractivity (Wildman–Crippen MR) is 75.4 cm³/mol. The number of methoxy groups -OCH3 is 1. The van der Waals surface area contributed by atoms with Gasteiger partial charge in [-0.05, 0) is 33.3 Å². The molecule has 0 aliphatic rings. The van der Waals surface area contributed by atoms with Crippen LogP contribution in [-0.2, 0) is 6.54 Å². The van der Waals surface area contributed by atoms with E-state index in [-0.39, 0.29) is 5.54 Å². The summed E-state index contributed by atoms with van der Waals surface area (Å²) in [5.41, 5.74) is 1.25. The zero-order chi connectivity index (χ0) is 13.6. The molecule has 1 aromatic rings. The molecule has 0 atom stereocenters. The first-order chi connectivity index (χ1) is 8.46. The molecule has 0 aliphatic carbocycles. The van der Waals surface area contributed by atoms with Gasteiger partial charge in [-0.25, -0.2) is 0 Å². The van der Waals surface area contributed by atoms with E-state index in [1.807, 2.05) is 12.1 Å². The van der Waals surface area contributed by atoms with Crippen molar-refractivity contribution in [1.82, 2.24) is 5.32 Å². The van der Waals surface area contributed by atoms with Crippen LogP contribution in [0.1, 0.15) is 39.7 Å². The Morgan fingerprint density at radius 1 is 1.22 bits per heavy atom. The number of ether oxygens (including phenoxy) is 2. The first-order valence-electron chi connectivity index (χ1n) is 6.51. The Hall–Kier alpha value is -1.22. The van der Waals surface area contributed by atoms with E-state index >= 15 is 0 Å². The number of rotatable bonds is 6. The molecule has 0 aromatic heterocycles. The fraction of sp³-hybridized carbons (Fsp3) is 0.600. The van der Waals surface area contributed by atoms with Crippen molar-refractivity contribution in [1.29, 1.82) is 0 Å². The molecule has 102 valence electrons. The Kier molecular flexibility index (Phi) is 5.48. The molecule has 3 nitrogen and oxygen atoms in total. The first kappa shape index (κ1) is 14.8. The van der Waals surface area contributed by atoms with Gasteiger partial charge in [0.25, 0.3) is 0 Å². The van der Waals surface area contributed by atoms with E-state index in [0.29, 0.717) is 0 Å². The van der Waals surface area contributed by atoms with Crippen molar-refractivity contribution in [3.8, 4) is 11.5 Å². The second-order valence-corrected chi connectivity index (χ2v) is 5.43. The van der Waals surface area contributed by atoms with Crippen molar-refractivity contribution in [2.75, 3.05) is 13.7 Å². The number of hydrogen-bond donors (Lipinski definition) is 1. The minimum atomic E-state index is 0.0996. The summed E-state index contributed by atoms with van der Waals surface area (Å²) in [5, 5.41) is 3.45. The summed E-state index contributed by atoms with van der Waals surface area (Å²) in [5.74, 6) is 1.74. The SMILES string of the molecule is CCCOc1ccc(CNC(C)(C)C)c(OC)c1. The molecule has 1 rings (SSSR count). The van der Waals surface area contributed by atoms with Crippen LogP contribution in [-0.4, -0.2) is 19.3 Å². The van der Waals surface area contributed by atoms with Crippen molar-refractivity contribution < 1.29 is 9.47 Å². The molecule has 0 saturated heterocycles. The molecular weight excluding hydrogens is 226 g/mol. The molecule has 0 amide bonds. The molecule has 0 bridgehead atoms. The summed E-state index contributed by atoms with van der Waals surface area (Å²) in [6.07, 6.45) is 1.01. The summed E-state index contributed by atoms with van der Waals surface area (Å²) in [6, 6.07) is 6.01. The van der Waals surface area contributed by atoms with Gasteiger partial charge in [0.15, 0.2) is 0 Å². The van der Waals surface area contributed by atoms with Crippen LogP contribution in [0, 0.1) is 0 Å². The molecule has 0 heterocycles. The molecule has 0 spiro atoms. The van der Waals surface area contributed by atoms with Crippen LogP contribution in [0.5, 0.6) is 11.5 Å². The van der Waals surface area contributed by atoms with Gasteiger partial charge in [-0.3, -0.25) is 0 Å². The normalized spacial score (nSPS) is 11.4. The van der Waals surface area contributed by atoms with Gasteiger partial charge in [-0.1, -0.05) is 13.0 Å². The summed E-state index contributed by atoms with van der Waals surface area (Å²) in [7, 11) is 1.69. The topological polar surface area (TPSA) is 30.5 Å². The van der Waals surface area contributed by atoms with Crippen molar-refractivity contribution >= 4 is 0 Å². The Balaban J connectivity index is 2.73. The van der Waals surface area contributed by atoms with Crippen LogP contribution in [0.2, 0.25) is 0 Å². The highest BCUT2D eigenvalue weighted by Crippen LogP contribution is 2.25. The van der Waals surface area contributed by atoms with Crippen molar-refractivity contribution in [2.24, 2.45) is 0 Å². The van der Waals surface area contributed by atoms with E-state index in [4.69, 9.17) is 9.47 Å². The van der Waals surface area contributed by atoms with Crippen LogP contribution in [0.25, 0.3) is 0 Å². The van der Waals surface area contributed by atoms with E-state index < -0.39 is 0 Å². The number of benzene rings is 1. The quantitative estimate of drug-likeness (QED) is 0.841. The first-order valence-corrected chi connectivity index (χ1v) is 6.51. The van der Waals surface area contributed by atoms with E-state index in [2.05, 4.69) is 39.1 Å². The van der Waals surface area contributed by atoms with Gasteiger partial charge in [-0.15, -0.1) is 0 Å². The Morgan fingerprint density at radius 2 is 1.94 bits per heavy atom. The van der Waals surface area contributed by atoms with E-state index in [9.17, 15) is 0 Å². The van der Waals surface area contributed by atoms with E-state index in [1.165, 1.54) is 0 Å². The monoisotopic (exact) mass is 251 g/mol. The molecule has 0 aliphatic heterocycles. The highest BCUT2D eigenvalue weighted by atomic mass is 16.5. The van der Waals surface area contributed by atoms with Crippen LogP contribution < -0.4 is 14.8 Å². The van der Waals surface area contributed by atoms with Crippen LogP contribution in [0.15, 0.2) is 18.2 Å². The minimum Gasteiger partial charge on any atom is -0.496 e. The van der Waals surface area contributed by atoms with Gasteiger partial charge in [-0.2, -0.15) is 0 Å². The van der Waals surface area contributed by atoms with Gasteiger partial charge >= 0.3 is 0 Å². The molecule has 0 radical (unpaired) electrons. The van der Waals surface area contributed by atoms with E-state index in [1.54, 1.807) is 7.11 Å². The molecular formula is C15H25NO2. The van der Waals surface area contributed by atoms with Gasteiger partial charge in [0.2, 0.25) is 0 Å². The maximum Gasteiger partial charge on any atom is 0.127 e. The zero-order valence-electron chi connectivity index (χ0n) is 12.2. The number of hydrogen-bond acceptors (Lipinski definition) is 3. The second-order valence-electron chi connectivity index (χ2n) is 5.43. The Labute approximate surface area is 110 Å². The minimum absolute atomic E-state index is 0.0996. The maximum atomic E-state index is 5.60. The van der Waals surface area contributed by atoms with Crippen LogP contribution in [0.3, 0.4) is 0 Å². The zero-order valence-corrected chi connectivity index (χ0v) is 12.2. The third-order valence-electron chi connectivity index (χ3n) is 2.54. The van der Waals surface area contributed by atoms with Gasteiger partial charge in [0.05, 0.1) is 13.7 Å². The molecule has 1 aromatic carbocycles. The fourth-order valence-corrected chi connectivity index (χ4v) is 1.54. The lowest BCUT2D eigenvalue weighted by Crippen LogP contribution is -2.35. The highest BCUT2D eigenvalue weighted by Gasteiger charge is 2.11. The summed E-state index contributed by atoms with van der Waals surface area (Å²) in [4.78, 5) is 0. The summed E-state index contributed by atoms with van der Waals surface area (Å²) < 4.78 is 11.0. The highest BCUT2D eigenvalue weighted by molar-refractivity contribution is 5.40. The van der Waals surface area contributed by atoms with Gasteiger partial charge < -0.3 is 14.8 Å². The molecule has 0 fully saturated rings. The summed E-state index contributed by atoms with van der Waals surface area (Å²) in [6.45, 7) is 10.1.